The van der Waals surface area contributed by atoms with E-state index in [1.54, 1.807) is 24.9 Å². The Morgan fingerprint density at radius 2 is 2.18 bits per heavy atom. The molecule has 2 rings (SSSR count). The van der Waals surface area contributed by atoms with Crippen LogP contribution >= 0.6 is 0 Å². The van der Waals surface area contributed by atoms with Crippen molar-refractivity contribution in [3.63, 3.8) is 0 Å². The number of nitrogens with one attached hydrogen (secondary N) is 1. The van der Waals surface area contributed by atoms with Gasteiger partial charge in [0.1, 0.15) is 5.75 Å². The van der Waals surface area contributed by atoms with Crippen LogP contribution in [0.2, 0.25) is 0 Å². The minimum atomic E-state index is -0.620. The van der Waals surface area contributed by atoms with Gasteiger partial charge in [0.25, 0.3) is 5.56 Å². The summed E-state index contributed by atoms with van der Waals surface area (Å²) in [6, 6.07) is 1.46. The molecule has 1 unspecified atom stereocenters. The minimum absolute atomic E-state index is 0.0528. The van der Waals surface area contributed by atoms with Crippen LogP contribution in [0.1, 0.15) is 34.9 Å². The van der Waals surface area contributed by atoms with Crippen LogP contribution in [-0.4, -0.2) is 33.0 Å². The summed E-state index contributed by atoms with van der Waals surface area (Å²) < 4.78 is 6.37. The van der Waals surface area contributed by atoms with E-state index in [2.05, 4.69) is 10.1 Å². The van der Waals surface area contributed by atoms with Crippen LogP contribution in [0.25, 0.3) is 0 Å². The number of hydrogen-bond acceptors (Lipinski definition) is 5. The fourth-order valence-electron chi connectivity index (χ4n) is 2.49. The highest BCUT2D eigenvalue weighted by Crippen LogP contribution is 2.33. The first-order chi connectivity index (χ1) is 10.3. The maximum absolute atomic E-state index is 12.3. The highest BCUT2D eigenvalue weighted by molar-refractivity contribution is 5.71. The van der Waals surface area contributed by atoms with Crippen molar-refractivity contribution in [3.05, 3.63) is 45.1 Å². The van der Waals surface area contributed by atoms with Crippen molar-refractivity contribution in [1.82, 2.24) is 14.8 Å². The molecule has 1 atom stereocenters. The summed E-state index contributed by atoms with van der Waals surface area (Å²) in [6.45, 7) is 3.52. The zero-order valence-electron chi connectivity index (χ0n) is 13.0. The number of pyridine rings is 1. The number of carbonyl (C=O) groups is 1. The number of H-pyrrole nitrogens is 1. The summed E-state index contributed by atoms with van der Waals surface area (Å²) >= 11 is 0. The summed E-state index contributed by atoms with van der Waals surface area (Å²) in [5, 5.41) is 14.3. The van der Waals surface area contributed by atoms with E-state index in [0.717, 1.165) is 5.69 Å². The van der Waals surface area contributed by atoms with E-state index < -0.39 is 17.4 Å². The van der Waals surface area contributed by atoms with E-state index in [0.29, 0.717) is 11.3 Å². The average molecular weight is 305 g/mol. The van der Waals surface area contributed by atoms with Crippen LogP contribution in [0, 0.1) is 13.8 Å². The molecule has 0 bridgehead atoms. The number of nitrogens with zero attached hydrogens (tertiary/aromatic N) is 2. The largest absolute Gasteiger partial charge is 0.507 e. The molecule has 7 heteroatoms. The molecular weight excluding hydrogens is 286 g/mol. The highest BCUT2D eigenvalue weighted by Gasteiger charge is 2.27. The molecule has 0 fully saturated rings. The molecule has 0 saturated carbocycles. The Morgan fingerprint density at radius 3 is 2.68 bits per heavy atom. The fraction of sp³-hybridized carbons (Fsp3) is 0.400. The first-order valence-electron chi connectivity index (χ1n) is 6.83. The second-order valence-corrected chi connectivity index (χ2v) is 5.22. The normalized spacial score (nSPS) is 12.2. The van der Waals surface area contributed by atoms with Crippen LogP contribution in [0.4, 0.5) is 0 Å². The third kappa shape index (κ3) is 2.88. The van der Waals surface area contributed by atoms with Crippen molar-refractivity contribution < 1.29 is 14.6 Å². The number of methoxy groups -OCH3 is 1. The van der Waals surface area contributed by atoms with Gasteiger partial charge in [0.2, 0.25) is 0 Å². The number of carbonyl (C=O) groups excluding carboxylic acids is 1. The number of aromatic hydroxyl groups is 1. The van der Waals surface area contributed by atoms with E-state index in [4.69, 9.17) is 4.74 Å². The van der Waals surface area contributed by atoms with Crippen LogP contribution in [-0.2, 0) is 16.6 Å². The van der Waals surface area contributed by atoms with Crippen LogP contribution in [0.15, 0.2) is 17.1 Å². The summed E-state index contributed by atoms with van der Waals surface area (Å²) in [4.78, 5) is 26.7. The number of aromatic nitrogens is 3. The molecule has 0 aromatic carbocycles. The van der Waals surface area contributed by atoms with E-state index >= 15 is 0 Å². The summed E-state index contributed by atoms with van der Waals surface area (Å²) in [5.41, 5.74) is 1.79. The molecule has 2 aromatic heterocycles. The van der Waals surface area contributed by atoms with E-state index in [1.807, 2.05) is 6.92 Å². The van der Waals surface area contributed by atoms with Crippen LogP contribution in [0.3, 0.4) is 0 Å². The second-order valence-electron chi connectivity index (χ2n) is 5.22. The molecule has 2 N–H and O–H groups in total. The van der Waals surface area contributed by atoms with Gasteiger partial charge in [-0.25, -0.2) is 0 Å². The maximum atomic E-state index is 12.3. The molecule has 2 aromatic rings. The number of ether oxygens (including phenoxy) is 1. The van der Waals surface area contributed by atoms with Crippen molar-refractivity contribution in [3.8, 4) is 5.75 Å². The van der Waals surface area contributed by atoms with Crippen molar-refractivity contribution in [1.29, 1.82) is 0 Å². The first kappa shape index (κ1) is 15.8. The zero-order valence-corrected chi connectivity index (χ0v) is 13.0. The number of hydrogen-bond donors (Lipinski definition) is 2. The van der Waals surface area contributed by atoms with Crippen LogP contribution in [0.5, 0.6) is 5.75 Å². The van der Waals surface area contributed by atoms with Gasteiger partial charge in [0.15, 0.2) is 0 Å². The Labute approximate surface area is 127 Å². The van der Waals surface area contributed by atoms with Gasteiger partial charge in [0, 0.05) is 29.9 Å². The number of aromatic amines is 1. The van der Waals surface area contributed by atoms with E-state index in [-0.39, 0.29) is 17.7 Å². The predicted octanol–water partition coefficient (Wildman–Crippen LogP) is 1.13. The standard InChI is InChI=1S/C15H19N3O4/c1-8-5-12(19)14(15(21)17-8)10(6-13(20)22-4)11-7-16-18(3)9(11)2/h5,7,10H,6H2,1-4H3,(H2,17,19,21). The Balaban J connectivity index is 2.62. The molecular formula is C15H19N3O4. The molecule has 0 aliphatic carbocycles. The monoisotopic (exact) mass is 305 g/mol. The lowest BCUT2D eigenvalue weighted by molar-refractivity contribution is -0.140. The minimum Gasteiger partial charge on any atom is -0.507 e. The highest BCUT2D eigenvalue weighted by atomic mass is 16.5. The third-order valence-electron chi connectivity index (χ3n) is 3.78. The quantitative estimate of drug-likeness (QED) is 0.825. The lowest BCUT2D eigenvalue weighted by Crippen LogP contribution is -2.21. The van der Waals surface area contributed by atoms with Gasteiger partial charge in [-0.05, 0) is 19.9 Å². The molecule has 0 amide bonds. The SMILES string of the molecule is COC(=O)CC(c1cnn(C)c1C)c1c(O)cc(C)[nH]c1=O. The number of esters is 1. The lowest BCUT2D eigenvalue weighted by atomic mass is 9.89. The molecule has 0 saturated heterocycles. The predicted molar refractivity (Wildman–Crippen MR) is 79.9 cm³/mol. The van der Waals surface area contributed by atoms with Gasteiger partial charge in [0.05, 0.1) is 25.3 Å². The van der Waals surface area contributed by atoms with Crippen molar-refractivity contribution in [2.45, 2.75) is 26.2 Å². The molecule has 2 heterocycles. The average Bonchev–Trinajstić information content (AvgIpc) is 2.76. The summed E-state index contributed by atoms with van der Waals surface area (Å²) in [6.07, 6.45) is 1.55. The summed E-state index contributed by atoms with van der Waals surface area (Å²) in [7, 11) is 3.06. The van der Waals surface area contributed by atoms with Crippen molar-refractivity contribution in [2.24, 2.45) is 7.05 Å². The van der Waals surface area contributed by atoms with Crippen LogP contribution < -0.4 is 5.56 Å². The summed E-state index contributed by atoms with van der Waals surface area (Å²) in [5.74, 6) is -1.23. The molecule has 22 heavy (non-hydrogen) atoms. The van der Waals surface area contributed by atoms with Gasteiger partial charge < -0.3 is 14.8 Å². The Hall–Kier alpha value is -2.57. The van der Waals surface area contributed by atoms with Gasteiger partial charge >= 0.3 is 5.97 Å². The molecule has 0 aliphatic heterocycles. The zero-order chi connectivity index (χ0) is 16.4. The Bertz CT molecular complexity index is 761. The van der Waals surface area contributed by atoms with E-state index in [1.165, 1.54) is 13.2 Å². The topological polar surface area (TPSA) is 97.2 Å². The third-order valence-corrected chi connectivity index (χ3v) is 3.78. The smallest absolute Gasteiger partial charge is 0.306 e. The van der Waals surface area contributed by atoms with Crippen molar-refractivity contribution in [2.75, 3.05) is 7.11 Å². The Morgan fingerprint density at radius 1 is 1.50 bits per heavy atom. The van der Waals surface area contributed by atoms with Crippen molar-refractivity contribution >= 4 is 5.97 Å². The van der Waals surface area contributed by atoms with E-state index in [9.17, 15) is 14.7 Å². The molecule has 7 nitrogen and oxygen atoms in total. The lowest BCUT2D eigenvalue weighted by Gasteiger charge is -2.17. The number of aryl methyl sites for hydroxylation is 2. The van der Waals surface area contributed by atoms with Gasteiger partial charge in [-0.1, -0.05) is 0 Å². The van der Waals surface area contributed by atoms with Gasteiger partial charge in [-0.2, -0.15) is 5.10 Å². The molecule has 118 valence electrons. The van der Waals surface area contributed by atoms with Gasteiger partial charge in [-0.15, -0.1) is 0 Å². The Kier molecular flexibility index (Phi) is 4.35. The maximum Gasteiger partial charge on any atom is 0.306 e. The number of rotatable bonds is 4. The fourth-order valence-corrected chi connectivity index (χ4v) is 2.49. The first-order valence-corrected chi connectivity index (χ1v) is 6.83. The van der Waals surface area contributed by atoms with Gasteiger partial charge in [-0.3, -0.25) is 14.3 Å². The second kappa shape index (κ2) is 6.05. The molecule has 0 spiro atoms. The molecule has 0 aliphatic rings. The molecule has 0 radical (unpaired) electrons.